The lowest BCUT2D eigenvalue weighted by Gasteiger charge is -2.31. The lowest BCUT2D eigenvalue weighted by atomic mass is 9.84. The van der Waals surface area contributed by atoms with Crippen LogP contribution in [0.15, 0.2) is 48.7 Å². The van der Waals surface area contributed by atoms with E-state index in [4.69, 9.17) is 5.41 Å². The number of para-hydroxylation sites is 1. The normalized spacial score (nSPS) is 13.3. The number of hydrogen-bond acceptors (Lipinski definition) is 4. The van der Waals surface area contributed by atoms with E-state index >= 15 is 0 Å². The van der Waals surface area contributed by atoms with Crippen LogP contribution in [-0.2, 0) is 17.4 Å². The fraction of sp³-hybridized carbons (Fsp3) is 0.333. The van der Waals surface area contributed by atoms with Crippen LogP contribution in [0.3, 0.4) is 0 Å². The number of carbonyl (C=O) groups is 1. The topological polar surface area (TPSA) is 78.1 Å². The Labute approximate surface area is 185 Å². The SMILES string of the molecule is CC(C)CC=O.CNc1ccc(C(O)(c2cn(C)c3ccccc23)C(F)(F)F)cc1C=N. The summed E-state index contributed by atoms with van der Waals surface area (Å²) in [5, 5.41) is 21.5. The van der Waals surface area contributed by atoms with Gasteiger partial charge in [-0.15, -0.1) is 0 Å². The van der Waals surface area contributed by atoms with Crippen LogP contribution in [0.4, 0.5) is 18.9 Å². The molecule has 0 aliphatic heterocycles. The molecule has 1 heterocycles. The van der Waals surface area contributed by atoms with Crippen LogP contribution in [0.1, 0.15) is 37.0 Å². The van der Waals surface area contributed by atoms with Gasteiger partial charge in [0.15, 0.2) is 0 Å². The zero-order valence-electron chi connectivity index (χ0n) is 18.5. The van der Waals surface area contributed by atoms with Crippen LogP contribution in [-0.4, -0.2) is 35.4 Å². The molecule has 0 spiro atoms. The Morgan fingerprint density at radius 2 is 1.84 bits per heavy atom. The van der Waals surface area contributed by atoms with E-state index in [0.717, 1.165) is 12.5 Å². The molecule has 0 aliphatic rings. The maximum Gasteiger partial charge on any atom is 0.425 e. The predicted octanol–water partition coefficient (Wildman–Crippen LogP) is 5.25. The lowest BCUT2D eigenvalue weighted by molar-refractivity contribution is -0.247. The third kappa shape index (κ3) is 4.85. The number of nitrogens with zero attached hydrogens (tertiary/aromatic N) is 1. The second kappa shape index (κ2) is 9.99. The molecule has 2 aromatic carbocycles. The van der Waals surface area contributed by atoms with Gasteiger partial charge in [-0.05, 0) is 29.7 Å². The third-order valence-corrected chi connectivity index (χ3v) is 5.16. The van der Waals surface area contributed by atoms with Crippen molar-refractivity contribution in [2.75, 3.05) is 12.4 Å². The minimum absolute atomic E-state index is 0.240. The Morgan fingerprint density at radius 3 is 2.34 bits per heavy atom. The summed E-state index contributed by atoms with van der Waals surface area (Å²) in [5.41, 5.74) is -2.42. The molecular weight excluding hydrogens is 419 g/mol. The highest BCUT2D eigenvalue weighted by atomic mass is 19.4. The Morgan fingerprint density at radius 1 is 1.19 bits per heavy atom. The minimum Gasteiger partial charge on any atom is -0.388 e. The summed E-state index contributed by atoms with van der Waals surface area (Å²) in [6.45, 7) is 4.04. The molecule has 0 radical (unpaired) electrons. The third-order valence-electron chi connectivity index (χ3n) is 5.16. The maximum absolute atomic E-state index is 14.1. The van der Waals surface area contributed by atoms with E-state index in [0.29, 0.717) is 28.9 Å². The number of fused-ring (bicyclic) bond motifs is 1. The highest BCUT2D eigenvalue weighted by Crippen LogP contribution is 2.47. The number of anilines is 1. The molecule has 3 N–H and O–H groups in total. The van der Waals surface area contributed by atoms with Crippen molar-refractivity contribution in [3.05, 3.63) is 65.4 Å². The second-order valence-electron chi connectivity index (χ2n) is 7.87. The summed E-state index contributed by atoms with van der Waals surface area (Å²) in [6, 6.07) is 10.5. The van der Waals surface area contributed by atoms with Gasteiger partial charge in [-0.25, -0.2) is 0 Å². The number of aryl methyl sites for hydroxylation is 1. The Hall–Kier alpha value is -3.13. The van der Waals surface area contributed by atoms with Crippen LogP contribution in [0.2, 0.25) is 0 Å². The first-order chi connectivity index (χ1) is 15.0. The van der Waals surface area contributed by atoms with Gasteiger partial charge in [0.2, 0.25) is 5.60 Å². The average molecular weight is 448 g/mol. The van der Waals surface area contributed by atoms with Gasteiger partial charge in [-0.2, -0.15) is 13.2 Å². The van der Waals surface area contributed by atoms with E-state index in [2.05, 4.69) is 5.32 Å². The zero-order valence-corrected chi connectivity index (χ0v) is 18.5. The fourth-order valence-corrected chi connectivity index (χ4v) is 3.43. The van der Waals surface area contributed by atoms with Gasteiger partial charge in [0.25, 0.3) is 0 Å². The van der Waals surface area contributed by atoms with Gasteiger partial charge < -0.3 is 25.2 Å². The minimum atomic E-state index is -4.95. The molecule has 0 fully saturated rings. The standard InChI is InChI=1S/C19H18F3N3O.C5H10O/c1-24-16-8-7-13(9-12(16)10-23)18(26,19(20,21)22)15-11-25(2)17-6-4-3-5-14(15)17;1-5(2)3-4-6/h3-11,23-24,26H,1-2H3;4-5H,3H2,1-2H3. The Balaban J connectivity index is 0.000000534. The van der Waals surface area contributed by atoms with Crippen LogP contribution in [0.5, 0.6) is 0 Å². The van der Waals surface area contributed by atoms with Crippen LogP contribution in [0, 0.1) is 11.3 Å². The first-order valence-electron chi connectivity index (χ1n) is 10.1. The summed E-state index contributed by atoms with van der Waals surface area (Å²) in [7, 11) is 3.25. The predicted molar refractivity (Wildman–Crippen MR) is 121 cm³/mol. The highest BCUT2D eigenvalue weighted by molar-refractivity contribution is 5.88. The molecular formula is C24H28F3N3O2. The smallest absolute Gasteiger partial charge is 0.388 e. The van der Waals surface area contributed by atoms with E-state index in [1.807, 2.05) is 13.8 Å². The molecule has 172 valence electrons. The van der Waals surface area contributed by atoms with Crippen molar-refractivity contribution in [1.82, 2.24) is 4.57 Å². The van der Waals surface area contributed by atoms with Gasteiger partial charge in [0, 0.05) is 60.6 Å². The molecule has 0 aliphatic carbocycles. The van der Waals surface area contributed by atoms with E-state index in [1.165, 1.54) is 24.4 Å². The van der Waals surface area contributed by atoms with Gasteiger partial charge in [0.1, 0.15) is 6.29 Å². The van der Waals surface area contributed by atoms with Gasteiger partial charge in [-0.1, -0.05) is 38.1 Å². The van der Waals surface area contributed by atoms with Crippen LogP contribution < -0.4 is 5.32 Å². The largest absolute Gasteiger partial charge is 0.425 e. The zero-order chi connectivity index (χ0) is 24.1. The number of nitrogens with one attached hydrogen (secondary N) is 2. The number of aliphatic hydroxyl groups is 1. The number of alkyl halides is 3. The van der Waals surface area contributed by atoms with Crippen molar-refractivity contribution in [1.29, 1.82) is 5.41 Å². The van der Waals surface area contributed by atoms with Crippen molar-refractivity contribution in [2.45, 2.75) is 32.0 Å². The molecule has 1 unspecified atom stereocenters. The molecule has 8 heteroatoms. The van der Waals surface area contributed by atoms with E-state index in [-0.39, 0.29) is 16.7 Å². The fourth-order valence-electron chi connectivity index (χ4n) is 3.43. The van der Waals surface area contributed by atoms with Crippen LogP contribution in [0.25, 0.3) is 10.9 Å². The molecule has 5 nitrogen and oxygen atoms in total. The Bertz CT molecular complexity index is 1090. The molecule has 0 saturated carbocycles. The first kappa shape index (κ1) is 25.1. The number of carbonyl (C=O) groups excluding carboxylic acids is 1. The number of rotatable bonds is 6. The number of halogens is 3. The van der Waals surface area contributed by atoms with Gasteiger partial charge in [-0.3, -0.25) is 0 Å². The van der Waals surface area contributed by atoms with Gasteiger partial charge >= 0.3 is 6.18 Å². The maximum atomic E-state index is 14.1. The van der Waals surface area contributed by atoms with Crippen LogP contribution >= 0.6 is 0 Å². The second-order valence-corrected chi connectivity index (χ2v) is 7.87. The molecule has 3 rings (SSSR count). The summed E-state index contributed by atoms with van der Waals surface area (Å²) in [4.78, 5) is 9.62. The van der Waals surface area contributed by atoms with Gasteiger partial charge in [0.05, 0.1) is 0 Å². The quantitative estimate of drug-likeness (QED) is 0.357. The van der Waals surface area contributed by atoms with Crippen molar-refractivity contribution >= 4 is 29.1 Å². The highest BCUT2D eigenvalue weighted by Gasteiger charge is 2.57. The molecule has 3 aromatic rings. The summed E-state index contributed by atoms with van der Waals surface area (Å²) in [6.07, 6.45) is -1.05. The molecule has 0 bridgehead atoms. The van der Waals surface area contributed by atoms with Crippen molar-refractivity contribution in [3.63, 3.8) is 0 Å². The first-order valence-corrected chi connectivity index (χ1v) is 10.1. The summed E-state index contributed by atoms with van der Waals surface area (Å²) < 4.78 is 43.9. The van der Waals surface area contributed by atoms with E-state index in [9.17, 15) is 23.1 Å². The van der Waals surface area contributed by atoms with Crippen molar-refractivity contribution < 1.29 is 23.1 Å². The van der Waals surface area contributed by atoms with E-state index < -0.39 is 11.8 Å². The monoisotopic (exact) mass is 447 g/mol. The number of aromatic nitrogens is 1. The van der Waals surface area contributed by atoms with E-state index in [1.54, 1.807) is 42.9 Å². The molecule has 1 aromatic heterocycles. The lowest BCUT2D eigenvalue weighted by Crippen LogP contribution is -2.43. The number of benzene rings is 2. The summed E-state index contributed by atoms with van der Waals surface area (Å²) >= 11 is 0. The molecule has 1 atom stereocenters. The summed E-state index contributed by atoms with van der Waals surface area (Å²) in [5.74, 6) is 0.530. The number of hydrogen-bond donors (Lipinski definition) is 3. The molecule has 32 heavy (non-hydrogen) atoms. The average Bonchev–Trinajstić information content (AvgIpc) is 3.09. The Kier molecular flexibility index (Phi) is 7.85. The number of aldehydes is 1. The van der Waals surface area contributed by atoms with Crippen molar-refractivity contribution in [2.24, 2.45) is 13.0 Å². The molecule has 0 saturated heterocycles. The van der Waals surface area contributed by atoms with Crippen molar-refractivity contribution in [3.8, 4) is 0 Å². The molecule has 0 amide bonds.